The third-order valence-electron chi connectivity index (χ3n) is 1.79. The van der Waals surface area contributed by atoms with E-state index in [2.05, 4.69) is 0 Å². The number of benzene rings is 1. The highest BCUT2D eigenvalue weighted by Crippen LogP contribution is 2.12. The summed E-state index contributed by atoms with van der Waals surface area (Å²) in [7, 11) is 0. The van der Waals surface area contributed by atoms with Crippen molar-refractivity contribution in [1.82, 2.24) is 0 Å². The van der Waals surface area contributed by atoms with Crippen molar-refractivity contribution < 1.29 is 9.84 Å². The molecule has 1 aromatic rings. The van der Waals surface area contributed by atoms with Crippen LogP contribution in [0.25, 0.3) is 6.08 Å². The van der Waals surface area contributed by atoms with Crippen molar-refractivity contribution >= 4 is 6.08 Å². The number of ether oxygens (including phenoxy) is 1. The van der Waals surface area contributed by atoms with Crippen LogP contribution in [0.4, 0.5) is 0 Å². The van der Waals surface area contributed by atoms with Gasteiger partial charge < -0.3 is 9.84 Å². The molecule has 0 fully saturated rings. The molecule has 82 valence electrons. The van der Waals surface area contributed by atoms with Gasteiger partial charge in [-0.2, -0.15) is 0 Å². The van der Waals surface area contributed by atoms with Gasteiger partial charge >= 0.3 is 0 Å². The van der Waals surface area contributed by atoms with Gasteiger partial charge in [0.15, 0.2) is 0 Å². The molecule has 0 heterocycles. The van der Waals surface area contributed by atoms with Gasteiger partial charge in [0.1, 0.15) is 5.75 Å². The average molecular weight is 206 g/mol. The molecule has 15 heavy (non-hydrogen) atoms. The first kappa shape index (κ1) is 11.8. The predicted octanol–water partition coefficient (Wildman–Crippen LogP) is 3.22. The second kappa shape index (κ2) is 4.99. The van der Waals surface area contributed by atoms with Crippen LogP contribution in [-0.2, 0) is 4.74 Å². The fraction of sp³-hybridized carbons (Fsp3) is 0.385. The van der Waals surface area contributed by atoms with Crippen LogP contribution in [0.1, 0.15) is 26.3 Å². The van der Waals surface area contributed by atoms with Crippen LogP contribution in [0.3, 0.4) is 0 Å². The van der Waals surface area contributed by atoms with Gasteiger partial charge in [-0.1, -0.05) is 24.3 Å². The Balaban J connectivity index is 2.45. The van der Waals surface area contributed by atoms with Crippen molar-refractivity contribution in [3.05, 3.63) is 35.9 Å². The van der Waals surface area contributed by atoms with Gasteiger partial charge in [0.25, 0.3) is 0 Å². The highest BCUT2D eigenvalue weighted by molar-refractivity contribution is 5.51. The Labute approximate surface area is 91.2 Å². The summed E-state index contributed by atoms with van der Waals surface area (Å²) in [6.07, 6.45) is 3.88. The number of phenolic OH excluding ortho intramolecular Hbond substituents is 1. The Morgan fingerprint density at radius 3 is 2.67 bits per heavy atom. The van der Waals surface area contributed by atoms with Gasteiger partial charge in [0.2, 0.25) is 0 Å². The van der Waals surface area contributed by atoms with Crippen LogP contribution in [-0.4, -0.2) is 17.3 Å². The molecular formula is C13H18O2. The number of rotatable bonds is 3. The lowest BCUT2D eigenvalue weighted by atomic mass is 10.2. The molecule has 0 saturated carbocycles. The van der Waals surface area contributed by atoms with E-state index in [1.54, 1.807) is 12.1 Å². The predicted molar refractivity (Wildman–Crippen MR) is 62.8 cm³/mol. The first-order valence-electron chi connectivity index (χ1n) is 5.07. The first-order valence-corrected chi connectivity index (χ1v) is 5.07. The third-order valence-corrected chi connectivity index (χ3v) is 1.79. The van der Waals surface area contributed by atoms with E-state index in [0.717, 1.165) is 5.56 Å². The van der Waals surface area contributed by atoms with Gasteiger partial charge in [-0.15, -0.1) is 0 Å². The molecule has 0 aliphatic carbocycles. The number of hydrogen-bond donors (Lipinski definition) is 1. The fourth-order valence-electron chi connectivity index (χ4n) is 1.11. The normalized spacial score (nSPS) is 12.2. The summed E-state index contributed by atoms with van der Waals surface area (Å²) >= 11 is 0. The molecule has 2 heteroatoms. The van der Waals surface area contributed by atoms with Crippen molar-refractivity contribution in [2.75, 3.05) is 6.61 Å². The third kappa shape index (κ3) is 5.23. The first-order chi connectivity index (χ1) is 6.97. The van der Waals surface area contributed by atoms with E-state index in [0.29, 0.717) is 6.61 Å². The topological polar surface area (TPSA) is 29.5 Å². The highest BCUT2D eigenvalue weighted by atomic mass is 16.5. The summed E-state index contributed by atoms with van der Waals surface area (Å²) in [6.45, 7) is 6.65. The molecule has 0 atom stereocenters. The monoisotopic (exact) mass is 206 g/mol. The lowest BCUT2D eigenvalue weighted by Crippen LogP contribution is -2.18. The van der Waals surface area contributed by atoms with Crippen molar-refractivity contribution in [2.24, 2.45) is 0 Å². The van der Waals surface area contributed by atoms with E-state index in [9.17, 15) is 5.11 Å². The molecule has 0 aliphatic heterocycles. The molecule has 0 aromatic heterocycles. The Morgan fingerprint density at radius 1 is 1.33 bits per heavy atom. The van der Waals surface area contributed by atoms with Crippen LogP contribution in [0.5, 0.6) is 5.75 Å². The lowest BCUT2D eigenvalue weighted by Gasteiger charge is -2.17. The number of phenols is 1. The Hall–Kier alpha value is -1.28. The van der Waals surface area contributed by atoms with Crippen LogP contribution in [0, 0.1) is 0 Å². The fourth-order valence-corrected chi connectivity index (χ4v) is 1.11. The van der Waals surface area contributed by atoms with Gasteiger partial charge in [-0.05, 0) is 38.5 Å². The number of aromatic hydroxyl groups is 1. The maximum atomic E-state index is 9.23. The van der Waals surface area contributed by atoms with Crippen LogP contribution in [0.15, 0.2) is 30.3 Å². The van der Waals surface area contributed by atoms with Gasteiger partial charge in [-0.3, -0.25) is 0 Å². The minimum atomic E-state index is -0.108. The summed E-state index contributed by atoms with van der Waals surface area (Å²) < 4.78 is 5.53. The molecule has 1 rings (SSSR count). The van der Waals surface area contributed by atoms with Crippen LogP contribution < -0.4 is 0 Å². The molecule has 0 unspecified atom stereocenters. The van der Waals surface area contributed by atoms with Crippen LogP contribution in [0.2, 0.25) is 0 Å². The van der Waals surface area contributed by atoms with Crippen molar-refractivity contribution in [3.63, 3.8) is 0 Å². The van der Waals surface area contributed by atoms with Gasteiger partial charge in [0, 0.05) is 0 Å². The average Bonchev–Trinajstić information content (AvgIpc) is 2.11. The zero-order valence-corrected chi connectivity index (χ0v) is 9.53. The molecule has 2 nitrogen and oxygen atoms in total. The lowest BCUT2D eigenvalue weighted by molar-refractivity contribution is 0.0152. The standard InChI is InChI=1S/C13H18O2/c1-13(2,3)15-9-5-7-11-6-4-8-12(14)10-11/h4-8,10,14H,9H2,1-3H3. The van der Waals surface area contributed by atoms with Gasteiger partial charge in [-0.25, -0.2) is 0 Å². The zero-order valence-electron chi connectivity index (χ0n) is 9.53. The molecule has 1 N–H and O–H groups in total. The molecule has 0 bridgehead atoms. The van der Waals surface area contributed by atoms with E-state index in [4.69, 9.17) is 4.74 Å². The van der Waals surface area contributed by atoms with Crippen molar-refractivity contribution in [1.29, 1.82) is 0 Å². The summed E-state index contributed by atoms with van der Waals surface area (Å²) in [5, 5.41) is 9.23. The van der Waals surface area contributed by atoms with Crippen molar-refractivity contribution in [3.8, 4) is 5.75 Å². The summed E-state index contributed by atoms with van der Waals surface area (Å²) in [5.41, 5.74) is 0.871. The maximum absolute atomic E-state index is 9.23. The second-order valence-corrected chi connectivity index (χ2v) is 4.42. The van der Waals surface area contributed by atoms with Crippen molar-refractivity contribution in [2.45, 2.75) is 26.4 Å². The highest BCUT2D eigenvalue weighted by Gasteiger charge is 2.07. The molecular weight excluding hydrogens is 188 g/mol. The van der Waals surface area contributed by atoms with E-state index in [1.807, 2.05) is 45.1 Å². The van der Waals surface area contributed by atoms with E-state index >= 15 is 0 Å². The Kier molecular flexibility index (Phi) is 3.92. The summed E-state index contributed by atoms with van der Waals surface area (Å²) in [5.74, 6) is 0.286. The second-order valence-electron chi connectivity index (χ2n) is 4.42. The van der Waals surface area contributed by atoms with E-state index < -0.39 is 0 Å². The largest absolute Gasteiger partial charge is 0.508 e. The van der Waals surface area contributed by atoms with E-state index in [-0.39, 0.29) is 11.4 Å². The quantitative estimate of drug-likeness (QED) is 0.822. The van der Waals surface area contributed by atoms with E-state index in [1.165, 1.54) is 0 Å². The zero-order chi connectivity index (χ0) is 11.3. The van der Waals surface area contributed by atoms with Crippen LogP contribution >= 0.6 is 0 Å². The Bertz CT molecular complexity index is 335. The molecule has 1 aromatic carbocycles. The smallest absolute Gasteiger partial charge is 0.116 e. The molecule has 0 saturated heterocycles. The molecule has 0 amide bonds. The SMILES string of the molecule is CC(C)(C)OCC=Cc1cccc(O)c1. The minimum Gasteiger partial charge on any atom is -0.508 e. The van der Waals surface area contributed by atoms with Gasteiger partial charge in [0.05, 0.1) is 12.2 Å². The number of hydrogen-bond acceptors (Lipinski definition) is 2. The summed E-state index contributed by atoms with van der Waals surface area (Å²) in [4.78, 5) is 0. The minimum absolute atomic E-state index is 0.108. The molecule has 0 aliphatic rings. The molecule has 0 spiro atoms. The molecule has 0 radical (unpaired) electrons. The Morgan fingerprint density at radius 2 is 2.07 bits per heavy atom. The summed E-state index contributed by atoms with van der Waals surface area (Å²) in [6, 6.07) is 7.13. The maximum Gasteiger partial charge on any atom is 0.116 e.